The third-order valence-electron chi connectivity index (χ3n) is 0.189. The SMILES string of the molecule is CC(=O)ONO. The van der Waals surface area contributed by atoms with Crippen LogP contribution in [0.25, 0.3) is 0 Å². The summed E-state index contributed by atoms with van der Waals surface area (Å²) < 4.78 is 0. The van der Waals surface area contributed by atoms with Crippen LogP contribution in [0.4, 0.5) is 0 Å². The van der Waals surface area contributed by atoms with Crippen molar-refractivity contribution >= 4 is 5.97 Å². The topological polar surface area (TPSA) is 58.6 Å². The number of rotatable bonds is 1. The lowest BCUT2D eigenvalue weighted by Gasteiger charge is -1.88. The molecule has 0 spiro atoms. The number of carbonyl (C=O) groups excluding carboxylic acids is 1. The second-order valence-corrected chi connectivity index (χ2v) is 0.685. The van der Waals surface area contributed by atoms with Gasteiger partial charge >= 0.3 is 5.97 Å². The first kappa shape index (κ1) is 5.39. The van der Waals surface area contributed by atoms with E-state index in [2.05, 4.69) is 4.84 Å². The summed E-state index contributed by atoms with van der Waals surface area (Å²) in [6.07, 6.45) is 0. The fraction of sp³-hybridized carbons (Fsp3) is 0.500. The van der Waals surface area contributed by atoms with E-state index >= 15 is 0 Å². The standard InChI is InChI=1S/C2H5NO3/c1-2(4)6-3-5/h3,5H,1H3. The number of nitrogens with one attached hydrogen (secondary N) is 1. The maximum Gasteiger partial charge on any atom is 0.324 e. The largest absolute Gasteiger partial charge is 0.346 e. The van der Waals surface area contributed by atoms with Crippen LogP contribution in [0.3, 0.4) is 0 Å². The molecule has 0 aliphatic carbocycles. The van der Waals surface area contributed by atoms with Crippen molar-refractivity contribution < 1.29 is 14.8 Å². The van der Waals surface area contributed by atoms with E-state index in [0.29, 0.717) is 0 Å². The molecule has 0 amide bonds. The molecule has 4 nitrogen and oxygen atoms in total. The first-order chi connectivity index (χ1) is 2.77. The maximum atomic E-state index is 9.60. The molecule has 0 radical (unpaired) electrons. The van der Waals surface area contributed by atoms with Gasteiger partial charge in [0.1, 0.15) is 0 Å². The van der Waals surface area contributed by atoms with Gasteiger partial charge in [-0.25, -0.2) is 0 Å². The van der Waals surface area contributed by atoms with Crippen molar-refractivity contribution in [2.45, 2.75) is 6.92 Å². The Kier molecular flexibility index (Phi) is 2.35. The van der Waals surface area contributed by atoms with Gasteiger partial charge in [-0.05, 0) is 5.64 Å². The Morgan fingerprint density at radius 3 is 2.50 bits per heavy atom. The van der Waals surface area contributed by atoms with Gasteiger partial charge in [0, 0.05) is 6.92 Å². The molecule has 2 N–H and O–H groups in total. The zero-order valence-corrected chi connectivity index (χ0v) is 3.26. The Hall–Kier alpha value is -0.610. The van der Waals surface area contributed by atoms with Crippen LogP contribution in [0.5, 0.6) is 0 Å². The van der Waals surface area contributed by atoms with Crippen molar-refractivity contribution in [1.82, 2.24) is 5.64 Å². The molecule has 6 heavy (non-hydrogen) atoms. The Morgan fingerprint density at radius 1 is 2.00 bits per heavy atom. The summed E-state index contributed by atoms with van der Waals surface area (Å²) in [7, 11) is 0. The molecule has 0 bridgehead atoms. The highest BCUT2D eigenvalue weighted by Gasteiger charge is 1.82. The molecule has 0 aliphatic heterocycles. The Labute approximate surface area is 34.6 Å². The van der Waals surface area contributed by atoms with E-state index in [1.165, 1.54) is 12.6 Å². The van der Waals surface area contributed by atoms with E-state index in [-0.39, 0.29) is 0 Å². The van der Waals surface area contributed by atoms with Crippen LogP contribution in [-0.4, -0.2) is 11.2 Å². The molecule has 0 aromatic carbocycles. The average Bonchev–Trinajstić information content (AvgIpc) is 1.35. The number of hydrogen-bond donors (Lipinski definition) is 2. The Morgan fingerprint density at radius 2 is 2.50 bits per heavy atom. The van der Waals surface area contributed by atoms with E-state index in [1.807, 2.05) is 0 Å². The van der Waals surface area contributed by atoms with Crippen molar-refractivity contribution in [2.24, 2.45) is 0 Å². The normalized spacial score (nSPS) is 7.67. The summed E-state index contributed by atoms with van der Waals surface area (Å²) in [5.74, 6) is -0.572. The van der Waals surface area contributed by atoms with Crippen molar-refractivity contribution in [3.05, 3.63) is 0 Å². The van der Waals surface area contributed by atoms with E-state index < -0.39 is 5.97 Å². The minimum absolute atomic E-state index is 0.572. The van der Waals surface area contributed by atoms with Gasteiger partial charge in [0.05, 0.1) is 0 Å². The third kappa shape index (κ3) is 3.39. The molecular formula is C2H5NO3. The summed E-state index contributed by atoms with van der Waals surface area (Å²) in [6, 6.07) is 0. The lowest BCUT2D eigenvalue weighted by molar-refractivity contribution is -0.173. The maximum absolute atomic E-state index is 9.60. The van der Waals surface area contributed by atoms with Crippen LogP contribution in [0, 0.1) is 0 Å². The summed E-state index contributed by atoms with van der Waals surface area (Å²) in [4.78, 5) is 13.3. The van der Waals surface area contributed by atoms with Gasteiger partial charge in [-0.3, -0.25) is 10.0 Å². The van der Waals surface area contributed by atoms with Gasteiger partial charge in [0.25, 0.3) is 0 Å². The van der Waals surface area contributed by atoms with Crippen molar-refractivity contribution in [1.29, 1.82) is 0 Å². The van der Waals surface area contributed by atoms with Crippen LogP contribution < -0.4 is 5.64 Å². The van der Waals surface area contributed by atoms with E-state index in [1.54, 1.807) is 0 Å². The summed E-state index contributed by atoms with van der Waals surface area (Å²) >= 11 is 0. The molecule has 0 saturated carbocycles. The van der Waals surface area contributed by atoms with Crippen LogP contribution in [-0.2, 0) is 9.63 Å². The Bertz CT molecular complexity index is 52.8. The number of hydrogen-bond acceptors (Lipinski definition) is 4. The third-order valence-corrected chi connectivity index (χ3v) is 0.189. The lowest BCUT2D eigenvalue weighted by atomic mass is 10.8. The molecule has 0 fully saturated rings. The fourth-order valence-corrected chi connectivity index (χ4v) is 0.0643. The molecule has 4 heteroatoms. The Balaban J connectivity index is 2.83. The van der Waals surface area contributed by atoms with E-state index in [9.17, 15) is 4.79 Å². The van der Waals surface area contributed by atoms with Crippen LogP contribution in [0.15, 0.2) is 0 Å². The van der Waals surface area contributed by atoms with Crippen molar-refractivity contribution in [3.8, 4) is 0 Å². The molecular weight excluding hydrogens is 86.0 g/mol. The highest BCUT2D eigenvalue weighted by Crippen LogP contribution is 1.60. The molecule has 0 aromatic heterocycles. The predicted octanol–water partition coefficient (Wildman–Crippen LogP) is -0.557. The van der Waals surface area contributed by atoms with E-state index in [4.69, 9.17) is 5.21 Å². The molecule has 36 valence electrons. The first-order valence-electron chi connectivity index (χ1n) is 1.34. The lowest BCUT2D eigenvalue weighted by Crippen LogP contribution is -2.11. The van der Waals surface area contributed by atoms with Gasteiger partial charge in [-0.2, -0.15) is 0 Å². The highest BCUT2D eigenvalue weighted by atomic mass is 16.8. The van der Waals surface area contributed by atoms with Gasteiger partial charge in [-0.1, -0.05) is 0 Å². The second-order valence-electron chi connectivity index (χ2n) is 0.685. The highest BCUT2D eigenvalue weighted by molar-refractivity contribution is 5.65. The molecule has 0 atom stereocenters. The molecule has 0 heterocycles. The summed E-state index contributed by atoms with van der Waals surface area (Å²) in [5, 5.41) is 7.54. The van der Waals surface area contributed by atoms with Crippen molar-refractivity contribution in [2.75, 3.05) is 0 Å². The fourth-order valence-electron chi connectivity index (χ4n) is 0.0643. The first-order valence-corrected chi connectivity index (χ1v) is 1.34. The summed E-state index contributed by atoms with van der Waals surface area (Å²) in [5.41, 5.74) is 1.22. The molecule has 0 saturated heterocycles. The van der Waals surface area contributed by atoms with Crippen LogP contribution in [0.1, 0.15) is 6.92 Å². The minimum Gasteiger partial charge on any atom is -0.346 e. The summed E-state index contributed by atoms with van der Waals surface area (Å²) in [6.45, 7) is 1.17. The van der Waals surface area contributed by atoms with Gasteiger partial charge in [-0.15, -0.1) is 0 Å². The predicted molar refractivity (Wildman–Crippen MR) is 16.7 cm³/mol. The molecule has 0 aliphatic rings. The zero-order valence-electron chi connectivity index (χ0n) is 3.26. The molecule has 0 unspecified atom stereocenters. The van der Waals surface area contributed by atoms with Crippen LogP contribution >= 0.6 is 0 Å². The van der Waals surface area contributed by atoms with E-state index in [0.717, 1.165) is 0 Å². The monoisotopic (exact) mass is 91.0 g/mol. The zero-order chi connectivity index (χ0) is 4.99. The van der Waals surface area contributed by atoms with Gasteiger partial charge in [0.15, 0.2) is 0 Å². The van der Waals surface area contributed by atoms with Crippen LogP contribution in [0.2, 0.25) is 0 Å². The molecule has 0 rings (SSSR count). The molecule has 0 aromatic rings. The van der Waals surface area contributed by atoms with Gasteiger partial charge in [0.2, 0.25) is 0 Å². The minimum atomic E-state index is -0.572. The quantitative estimate of drug-likeness (QED) is 0.425. The van der Waals surface area contributed by atoms with Gasteiger partial charge < -0.3 is 4.84 Å². The number of carbonyl (C=O) groups is 1. The average molecular weight is 91.1 g/mol. The van der Waals surface area contributed by atoms with Crippen molar-refractivity contribution in [3.63, 3.8) is 0 Å². The smallest absolute Gasteiger partial charge is 0.324 e. The second kappa shape index (κ2) is 2.62.